The molecule has 0 radical (unpaired) electrons. The average Bonchev–Trinajstić information content (AvgIpc) is 2.15. The van der Waals surface area contributed by atoms with Crippen molar-refractivity contribution in [2.75, 3.05) is 0 Å². The molecule has 14 heavy (non-hydrogen) atoms. The van der Waals surface area contributed by atoms with E-state index in [1.54, 1.807) is 30.3 Å². The molecule has 0 atom stereocenters. The SMILES string of the molecule is N=C(N)N(Oc1ccccc1)C(=O)S. The van der Waals surface area contributed by atoms with Crippen molar-refractivity contribution >= 4 is 23.8 Å². The van der Waals surface area contributed by atoms with Crippen LogP contribution in [0.25, 0.3) is 0 Å². The van der Waals surface area contributed by atoms with Gasteiger partial charge < -0.3 is 10.6 Å². The van der Waals surface area contributed by atoms with E-state index in [0.717, 1.165) is 0 Å². The van der Waals surface area contributed by atoms with Crippen molar-refractivity contribution in [1.82, 2.24) is 5.06 Å². The number of benzene rings is 1. The Balaban J connectivity index is 2.75. The third-order valence-corrected chi connectivity index (χ3v) is 1.51. The first-order valence-electron chi connectivity index (χ1n) is 3.71. The number of para-hydroxylation sites is 1. The van der Waals surface area contributed by atoms with Crippen molar-refractivity contribution in [2.45, 2.75) is 0 Å². The minimum Gasteiger partial charge on any atom is -0.368 e. The number of carbonyl (C=O) groups is 1. The van der Waals surface area contributed by atoms with Gasteiger partial charge in [-0.1, -0.05) is 35.9 Å². The standard InChI is InChI=1S/C8H9N3O2S/c9-7(10)11(8(12)14)13-6-4-2-1-3-5-6/h1-5H,(H3,9,10)(H,12,14). The molecule has 0 aliphatic rings. The van der Waals surface area contributed by atoms with Gasteiger partial charge in [0.1, 0.15) is 0 Å². The summed E-state index contributed by atoms with van der Waals surface area (Å²) in [5, 5.41) is 6.87. The first-order valence-corrected chi connectivity index (χ1v) is 4.16. The lowest BCUT2D eigenvalue weighted by molar-refractivity contribution is 0.0679. The van der Waals surface area contributed by atoms with Crippen LogP contribution in [0.5, 0.6) is 5.75 Å². The average molecular weight is 211 g/mol. The smallest absolute Gasteiger partial charge is 0.318 e. The van der Waals surface area contributed by atoms with Crippen LogP contribution in [0.2, 0.25) is 0 Å². The molecule has 0 aromatic heterocycles. The number of nitrogens with zero attached hydrogens (tertiary/aromatic N) is 1. The van der Waals surface area contributed by atoms with Crippen LogP contribution in [0.1, 0.15) is 0 Å². The lowest BCUT2D eigenvalue weighted by Crippen LogP contribution is -2.40. The molecule has 0 unspecified atom stereocenters. The molecule has 1 amide bonds. The number of amides is 1. The number of carbonyl (C=O) groups excluding carboxylic acids is 1. The van der Waals surface area contributed by atoms with Crippen molar-refractivity contribution in [2.24, 2.45) is 5.73 Å². The summed E-state index contributed by atoms with van der Waals surface area (Å²) < 4.78 is 0. The highest BCUT2D eigenvalue weighted by molar-refractivity contribution is 7.96. The molecule has 0 heterocycles. The maximum Gasteiger partial charge on any atom is 0.318 e. The van der Waals surface area contributed by atoms with E-state index in [2.05, 4.69) is 12.6 Å². The molecule has 0 saturated heterocycles. The number of hydrogen-bond donors (Lipinski definition) is 3. The number of rotatable bonds is 2. The van der Waals surface area contributed by atoms with Crippen LogP contribution in [0.15, 0.2) is 30.3 Å². The summed E-state index contributed by atoms with van der Waals surface area (Å²) in [5.74, 6) is -0.112. The molecule has 0 aliphatic carbocycles. The molecule has 0 bridgehead atoms. The monoisotopic (exact) mass is 211 g/mol. The van der Waals surface area contributed by atoms with Crippen LogP contribution in [0.4, 0.5) is 4.79 Å². The second-order valence-electron chi connectivity index (χ2n) is 2.37. The molecule has 1 rings (SSSR count). The van der Waals surface area contributed by atoms with Gasteiger partial charge in [-0.25, -0.2) is 0 Å². The zero-order valence-corrected chi connectivity index (χ0v) is 8.07. The molecule has 0 spiro atoms. The zero-order valence-electron chi connectivity index (χ0n) is 7.18. The predicted octanol–water partition coefficient (Wildman–Crippen LogP) is 1.23. The fraction of sp³-hybridized carbons (Fsp3) is 0. The third kappa shape index (κ3) is 2.67. The van der Waals surface area contributed by atoms with Crippen LogP contribution < -0.4 is 10.6 Å². The third-order valence-electron chi connectivity index (χ3n) is 1.33. The Labute approximate surface area is 86.3 Å². The highest BCUT2D eigenvalue weighted by Crippen LogP contribution is 2.11. The summed E-state index contributed by atoms with van der Waals surface area (Å²) in [7, 11) is 0. The van der Waals surface area contributed by atoms with E-state index in [9.17, 15) is 4.79 Å². The summed E-state index contributed by atoms with van der Waals surface area (Å²) >= 11 is 3.50. The predicted molar refractivity (Wildman–Crippen MR) is 55.2 cm³/mol. The molecule has 6 heteroatoms. The van der Waals surface area contributed by atoms with Gasteiger partial charge in [-0.3, -0.25) is 10.2 Å². The van der Waals surface area contributed by atoms with Gasteiger partial charge in [-0.2, -0.15) is 0 Å². The normalized spacial score (nSPS) is 9.21. The van der Waals surface area contributed by atoms with Crippen molar-refractivity contribution in [3.05, 3.63) is 30.3 Å². The number of hydroxylamine groups is 2. The van der Waals surface area contributed by atoms with Crippen LogP contribution in [0, 0.1) is 5.41 Å². The fourth-order valence-corrected chi connectivity index (χ4v) is 0.927. The molecule has 0 saturated carbocycles. The first kappa shape index (κ1) is 10.4. The molecule has 0 aliphatic heterocycles. The Hall–Kier alpha value is -1.69. The highest BCUT2D eigenvalue weighted by atomic mass is 32.1. The number of hydrogen-bond acceptors (Lipinski definition) is 3. The van der Waals surface area contributed by atoms with Crippen molar-refractivity contribution in [1.29, 1.82) is 5.41 Å². The molecule has 74 valence electrons. The van der Waals surface area contributed by atoms with Crippen molar-refractivity contribution < 1.29 is 9.63 Å². The molecule has 5 nitrogen and oxygen atoms in total. The lowest BCUT2D eigenvalue weighted by atomic mass is 10.3. The van der Waals surface area contributed by atoms with E-state index in [-0.39, 0.29) is 0 Å². The summed E-state index contributed by atoms with van der Waals surface area (Å²) in [6, 6.07) is 8.53. The van der Waals surface area contributed by atoms with E-state index in [0.29, 0.717) is 10.8 Å². The largest absolute Gasteiger partial charge is 0.368 e. The van der Waals surface area contributed by atoms with E-state index in [1.807, 2.05) is 0 Å². The number of thiol groups is 1. The summed E-state index contributed by atoms with van der Waals surface area (Å²) in [6.45, 7) is 0. The van der Waals surface area contributed by atoms with Crippen molar-refractivity contribution in [3.63, 3.8) is 0 Å². The second kappa shape index (κ2) is 4.52. The number of nitrogens with two attached hydrogens (primary N) is 1. The van der Waals surface area contributed by atoms with Gasteiger partial charge >= 0.3 is 5.24 Å². The van der Waals surface area contributed by atoms with E-state index in [4.69, 9.17) is 16.0 Å². The number of guanidine groups is 1. The summed E-state index contributed by atoms with van der Waals surface area (Å²) in [6.07, 6.45) is 0. The van der Waals surface area contributed by atoms with Crippen LogP contribution in [-0.4, -0.2) is 16.3 Å². The molecular formula is C8H9N3O2S. The number of nitrogens with one attached hydrogen (secondary N) is 1. The highest BCUT2D eigenvalue weighted by Gasteiger charge is 2.14. The molecular weight excluding hydrogens is 202 g/mol. The van der Waals surface area contributed by atoms with E-state index in [1.165, 1.54) is 0 Å². The van der Waals surface area contributed by atoms with Gasteiger partial charge in [0.25, 0.3) is 0 Å². The van der Waals surface area contributed by atoms with E-state index >= 15 is 0 Å². The van der Waals surface area contributed by atoms with Gasteiger partial charge in [-0.05, 0) is 12.1 Å². The summed E-state index contributed by atoms with van der Waals surface area (Å²) in [5.41, 5.74) is 5.10. The van der Waals surface area contributed by atoms with Gasteiger partial charge in [-0.15, -0.1) is 0 Å². The Morgan fingerprint density at radius 2 is 2.00 bits per heavy atom. The maximum atomic E-state index is 10.8. The van der Waals surface area contributed by atoms with Gasteiger partial charge in [0.2, 0.25) is 5.96 Å². The van der Waals surface area contributed by atoms with Crippen LogP contribution in [-0.2, 0) is 0 Å². The van der Waals surface area contributed by atoms with Gasteiger partial charge in [0.05, 0.1) is 0 Å². The zero-order chi connectivity index (χ0) is 10.6. The molecule has 1 aromatic carbocycles. The Morgan fingerprint density at radius 1 is 1.43 bits per heavy atom. The minimum absolute atomic E-state index is 0.408. The Morgan fingerprint density at radius 3 is 2.43 bits per heavy atom. The second-order valence-corrected chi connectivity index (χ2v) is 2.75. The lowest BCUT2D eigenvalue weighted by Gasteiger charge is -2.17. The fourth-order valence-electron chi connectivity index (χ4n) is 0.778. The molecule has 0 fully saturated rings. The molecule has 3 N–H and O–H groups in total. The maximum absolute atomic E-state index is 10.8. The topological polar surface area (TPSA) is 79.4 Å². The minimum atomic E-state index is -0.749. The van der Waals surface area contributed by atoms with Crippen LogP contribution in [0.3, 0.4) is 0 Å². The van der Waals surface area contributed by atoms with Gasteiger partial charge in [0, 0.05) is 0 Å². The molecule has 1 aromatic rings. The van der Waals surface area contributed by atoms with Crippen molar-refractivity contribution in [3.8, 4) is 5.75 Å². The van der Waals surface area contributed by atoms with Gasteiger partial charge in [0.15, 0.2) is 5.75 Å². The van der Waals surface area contributed by atoms with E-state index < -0.39 is 11.2 Å². The Bertz CT molecular complexity index is 328. The summed E-state index contributed by atoms with van der Waals surface area (Å²) in [4.78, 5) is 15.8. The quantitative estimate of drug-likeness (QED) is 0.298. The Kier molecular flexibility index (Phi) is 3.35. The first-order chi connectivity index (χ1) is 6.61. The van der Waals surface area contributed by atoms with Crippen LogP contribution >= 0.6 is 12.6 Å².